The standard InChI is InChI=1S/C22H22N6O/c23-22-25-12-15-8-14(4-5-17(15)27-22)21-26-18-9-16(24-11-13-2-3-13)10-19-20(18)28(21)6-1-7-29-19/h4-5,8-10,12-13,24H,1-3,6-7,11H2,(H2,23,25,27). The summed E-state index contributed by atoms with van der Waals surface area (Å²) in [6.07, 6.45) is 5.37. The van der Waals surface area contributed by atoms with Crippen LogP contribution < -0.4 is 15.8 Å². The number of nitrogens with two attached hydrogens (primary N) is 1. The van der Waals surface area contributed by atoms with E-state index in [1.807, 2.05) is 6.07 Å². The van der Waals surface area contributed by atoms with Crippen molar-refractivity contribution in [2.24, 2.45) is 5.92 Å². The van der Waals surface area contributed by atoms with Crippen LogP contribution in [-0.2, 0) is 6.54 Å². The summed E-state index contributed by atoms with van der Waals surface area (Å²) in [5.74, 6) is 2.96. The van der Waals surface area contributed by atoms with Crippen LogP contribution in [0.1, 0.15) is 19.3 Å². The fourth-order valence-corrected chi connectivity index (χ4v) is 4.06. The molecule has 0 amide bonds. The lowest BCUT2D eigenvalue weighted by Crippen LogP contribution is -2.03. The summed E-state index contributed by atoms with van der Waals surface area (Å²) in [5, 5.41) is 4.51. The summed E-state index contributed by atoms with van der Waals surface area (Å²) in [7, 11) is 0. The predicted octanol–water partition coefficient (Wildman–Crippen LogP) is 3.83. The Morgan fingerprint density at radius 2 is 2.07 bits per heavy atom. The normalized spacial score (nSPS) is 16.0. The largest absolute Gasteiger partial charge is 0.491 e. The van der Waals surface area contributed by atoms with Crippen molar-refractivity contribution in [2.45, 2.75) is 25.8 Å². The van der Waals surface area contributed by atoms with Crippen molar-refractivity contribution in [3.8, 4) is 17.1 Å². The molecule has 0 unspecified atom stereocenters. The van der Waals surface area contributed by atoms with E-state index in [4.69, 9.17) is 15.5 Å². The van der Waals surface area contributed by atoms with Gasteiger partial charge in [0, 0.05) is 42.0 Å². The molecule has 0 spiro atoms. The SMILES string of the molecule is Nc1ncc2cc(-c3nc4cc(NCC5CC5)cc5c4n3CCCO5)ccc2n1. The maximum absolute atomic E-state index is 6.08. The second-order valence-corrected chi connectivity index (χ2v) is 7.96. The van der Waals surface area contributed by atoms with Gasteiger partial charge < -0.3 is 20.4 Å². The number of nitrogens with zero attached hydrogens (tertiary/aromatic N) is 4. The monoisotopic (exact) mass is 386 g/mol. The zero-order chi connectivity index (χ0) is 19.4. The molecule has 1 saturated carbocycles. The van der Waals surface area contributed by atoms with Crippen LogP contribution in [0.5, 0.6) is 5.75 Å². The van der Waals surface area contributed by atoms with E-state index in [1.165, 1.54) is 12.8 Å². The molecule has 6 rings (SSSR count). The first-order valence-electron chi connectivity index (χ1n) is 10.2. The molecule has 1 aliphatic carbocycles. The number of benzene rings is 2. The molecule has 7 heteroatoms. The van der Waals surface area contributed by atoms with E-state index in [1.54, 1.807) is 6.20 Å². The van der Waals surface area contributed by atoms with Crippen LogP contribution in [-0.4, -0.2) is 32.7 Å². The first-order chi connectivity index (χ1) is 14.2. The molecule has 1 fully saturated rings. The van der Waals surface area contributed by atoms with Gasteiger partial charge in [-0.2, -0.15) is 0 Å². The molecule has 3 heterocycles. The van der Waals surface area contributed by atoms with Gasteiger partial charge in [-0.25, -0.2) is 15.0 Å². The first kappa shape index (κ1) is 16.6. The van der Waals surface area contributed by atoms with Crippen LogP contribution in [0.4, 0.5) is 11.6 Å². The molecule has 2 aromatic carbocycles. The lowest BCUT2D eigenvalue weighted by atomic mass is 10.1. The summed E-state index contributed by atoms with van der Waals surface area (Å²) >= 11 is 0. The van der Waals surface area contributed by atoms with Crippen molar-refractivity contribution in [1.82, 2.24) is 19.5 Å². The number of nitrogens with one attached hydrogen (secondary N) is 1. The number of imidazole rings is 1. The number of ether oxygens (including phenoxy) is 1. The summed E-state index contributed by atoms with van der Waals surface area (Å²) in [6.45, 7) is 2.61. The molecule has 29 heavy (non-hydrogen) atoms. The molecule has 1 aliphatic heterocycles. The molecule has 0 bridgehead atoms. The number of anilines is 2. The minimum absolute atomic E-state index is 0.288. The van der Waals surface area contributed by atoms with Crippen LogP contribution in [0.3, 0.4) is 0 Å². The van der Waals surface area contributed by atoms with Crippen LogP contribution in [0, 0.1) is 5.92 Å². The van der Waals surface area contributed by atoms with Crippen LogP contribution in [0.25, 0.3) is 33.3 Å². The quantitative estimate of drug-likeness (QED) is 0.554. The molecule has 0 radical (unpaired) electrons. The maximum Gasteiger partial charge on any atom is 0.220 e. The lowest BCUT2D eigenvalue weighted by molar-refractivity contribution is 0.316. The van der Waals surface area contributed by atoms with E-state index in [-0.39, 0.29) is 5.95 Å². The Hall–Kier alpha value is -3.35. The molecule has 2 aliphatic rings. The number of nitrogen functional groups attached to an aromatic ring is 1. The summed E-state index contributed by atoms with van der Waals surface area (Å²) in [4.78, 5) is 13.4. The third kappa shape index (κ3) is 2.93. The predicted molar refractivity (Wildman–Crippen MR) is 114 cm³/mol. The van der Waals surface area contributed by atoms with E-state index in [0.717, 1.165) is 70.2 Å². The van der Waals surface area contributed by atoms with Crippen molar-refractivity contribution in [1.29, 1.82) is 0 Å². The average Bonchev–Trinajstić information content (AvgIpc) is 3.51. The van der Waals surface area contributed by atoms with Gasteiger partial charge in [-0.3, -0.25) is 0 Å². The highest BCUT2D eigenvalue weighted by Crippen LogP contribution is 2.37. The first-order valence-corrected chi connectivity index (χ1v) is 10.2. The van der Waals surface area contributed by atoms with E-state index < -0.39 is 0 Å². The Labute approximate surface area is 167 Å². The van der Waals surface area contributed by atoms with Gasteiger partial charge in [-0.1, -0.05) is 0 Å². The minimum atomic E-state index is 0.288. The molecular weight excluding hydrogens is 364 g/mol. The Morgan fingerprint density at radius 1 is 1.14 bits per heavy atom. The second kappa shape index (κ2) is 6.34. The summed E-state index contributed by atoms with van der Waals surface area (Å²) in [6, 6.07) is 10.4. The number of aromatic nitrogens is 4. The van der Waals surface area contributed by atoms with E-state index in [2.05, 4.69) is 44.1 Å². The Kier molecular flexibility index (Phi) is 3.62. The number of fused-ring (bicyclic) bond motifs is 1. The fraction of sp³-hybridized carbons (Fsp3) is 0.318. The fourth-order valence-electron chi connectivity index (χ4n) is 4.06. The maximum atomic E-state index is 6.08. The summed E-state index contributed by atoms with van der Waals surface area (Å²) < 4.78 is 8.36. The minimum Gasteiger partial charge on any atom is -0.491 e. The average molecular weight is 386 g/mol. The zero-order valence-corrected chi connectivity index (χ0v) is 16.1. The summed E-state index contributed by atoms with van der Waals surface area (Å²) in [5.41, 5.74) is 10.7. The lowest BCUT2D eigenvalue weighted by Gasteiger charge is -2.10. The Morgan fingerprint density at radius 3 is 2.97 bits per heavy atom. The van der Waals surface area contributed by atoms with Gasteiger partial charge in [0.1, 0.15) is 17.1 Å². The van der Waals surface area contributed by atoms with Gasteiger partial charge >= 0.3 is 0 Å². The number of hydrogen-bond donors (Lipinski definition) is 2. The van der Waals surface area contributed by atoms with Crippen LogP contribution in [0.2, 0.25) is 0 Å². The third-order valence-electron chi connectivity index (χ3n) is 5.74. The van der Waals surface area contributed by atoms with Crippen molar-refractivity contribution < 1.29 is 4.74 Å². The van der Waals surface area contributed by atoms with Gasteiger partial charge in [-0.15, -0.1) is 0 Å². The van der Waals surface area contributed by atoms with Crippen molar-refractivity contribution in [3.63, 3.8) is 0 Å². The Bertz CT molecular complexity index is 1240. The molecule has 0 atom stereocenters. The van der Waals surface area contributed by atoms with Gasteiger partial charge in [-0.05, 0) is 49.4 Å². The molecular formula is C22H22N6O. The number of aryl methyl sites for hydroxylation is 1. The van der Waals surface area contributed by atoms with E-state index >= 15 is 0 Å². The van der Waals surface area contributed by atoms with Gasteiger partial charge in [0.05, 0.1) is 17.6 Å². The van der Waals surface area contributed by atoms with Crippen molar-refractivity contribution in [2.75, 3.05) is 24.2 Å². The number of hydrogen-bond acceptors (Lipinski definition) is 6. The van der Waals surface area contributed by atoms with Gasteiger partial charge in [0.2, 0.25) is 5.95 Å². The molecule has 0 saturated heterocycles. The molecule has 146 valence electrons. The van der Waals surface area contributed by atoms with Gasteiger partial charge in [0.25, 0.3) is 0 Å². The van der Waals surface area contributed by atoms with Gasteiger partial charge in [0.15, 0.2) is 0 Å². The highest BCUT2D eigenvalue weighted by molar-refractivity contribution is 5.91. The smallest absolute Gasteiger partial charge is 0.220 e. The molecule has 2 aromatic heterocycles. The molecule has 7 nitrogen and oxygen atoms in total. The molecule has 4 aromatic rings. The third-order valence-corrected chi connectivity index (χ3v) is 5.74. The van der Waals surface area contributed by atoms with Crippen molar-refractivity contribution in [3.05, 3.63) is 36.5 Å². The molecule has 3 N–H and O–H groups in total. The van der Waals surface area contributed by atoms with Crippen LogP contribution >= 0.6 is 0 Å². The van der Waals surface area contributed by atoms with Crippen molar-refractivity contribution >= 4 is 33.6 Å². The highest BCUT2D eigenvalue weighted by atomic mass is 16.5. The van der Waals surface area contributed by atoms with E-state index in [0.29, 0.717) is 6.61 Å². The Balaban J connectivity index is 1.49. The topological polar surface area (TPSA) is 90.9 Å². The zero-order valence-electron chi connectivity index (χ0n) is 16.1. The van der Waals surface area contributed by atoms with E-state index in [9.17, 15) is 0 Å². The number of rotatable bonds is 4. The second-order valence-electron chi connectivity index (χ2n) is 7.96. The van der Waals surface area contributed by atoms with Crippen LogP contribution in [0.15, 0.2) is 36.5 Å². The highest BCUT2D eigenvalue weighted by Gasteiger charge is 2.23.